The third-order valence-corrected chi connectivity index (χ3v) is 17.3. The number of carbonyl (C=O) groups is 2. The number of nitrogens with one attached hydrogen (secondary N) is 2. The highest BCUT2D eigenvalue weighted by Gasteiger charge is 2.31. The molecule has 3 aromatic carbocycles. The second-order valence-electron chi connectivity index (χ2n) is 19.1. The molecule has 0 spiro atoms. The van der Waals surface area contributed by atoms with Gasteiger partial charge in [0.25, 0.3) is 21.6 Å². The number of sulfonamides is 1. The van der Waals surface area contributed by atoms with Gasteiger partial charge in [-0.25, -0.2) is 22.9 Å². The fourth-order valence-corrected chi connectivity index (χ4v) is 12.5. The summed E-state index contributed by atoms with van der Waals surface area (Å²) in [5.74, 6) is 4.92. The van der Waals surface area contributed by atoms with Gasteiger partial charge in [0.05, 0.1) is 28.7 Å². The van der Waals surface area contributed by atoms with E-state index in [4.69, 9.17) is 21.1 Å². The molecule has 2 fully saturated rings. The Bertz CT molecular complexity index is 3020. The van der Waals surface area contributed by atoms with Crippen molar-refractivity contribution in [3.8, 4) is 11.5 Å². The summed E-state index contributed by atoms with van der Waals surface area (Å²) in [6.45, 7) is 12.5. The molecule has 2 N–H and O–H groups in total. The van der Waals surface area contributed by atoms with Crippen LogP contribution in [0, 0.1) is 21.4 Å². The topological polar surface area (TPSA) is 193 Å². The third kappa shape index (κ3) is 12.2. The number of pyridine rings is 1. The fourth-order valence-electron chi connectivity index (χ4n) is 9.43. The van der Waals surface area contributed by atoms with Crippen molar-refractivity contribution in [1.29, 1.82) is 0 Å². The van der Waals surface area contributed by atoms with Crippen molar-refractivity contribution in [2.75, 3.05) is 75.9 Å². The Morgan fingerprint density at radius 1 is 1.01 bits per heavy atom. The second kappa shape index (κ2) is 20.7. The summed E-state index contributed by atoms with van der Waals surface area (Å²) >= 11 is 6.25. The van der Waals surface area contributed by atoms with E-state index in [0.29, 0.717) is 67.6 Å². The van der Waals surface area contributed by atoms with Crippen molar-refractivity contribution in [2.45, 2.75) is 51.3 Å². The monoisotopic (exact) mass is 998 g/mol. The van der Waals surface area contributed by atoms with Crippen LogP contribution in [0.3, 0.4) is 0 Å². The van der Waals surface area contributed by atoms with Gasteiger partial charge in [-0.15, -0.1) is 9.41 Å². The van der Waals surface area contributed by atoms with Crippen LogP contribution in [0.15, 0.2) is 100 Å². The van der Waals surface area contributed by atoms with E-state index in [1.165, 1.54) is 42.1 Å². The molecule has 19 heteroatoms. The van der Waals surface area contributed by atoms with Gasteiger partial charge >= 0.3 is 6.09 Å². The van der Waals surface area contributed by atoms with Crippen LogP contribution in [0.5, 0.6) is 11.5 Å². The van der Waals surface area contributed by atoms with Gasteiger partial charge in [-0.05, 0) is 90.6 Å². The molecule has 2 saturated heterocycles. The predicted octanol–water partition coefficient (Wildman–Crippen LogP) is 8.85. The van der Waals surface area contributed by atoms with Crippen LogP contribution in [0.2, 0.25) is 5.02 Å². The number of fused-ring (bicyclic) bond motifs is 1. The lowest BCUT2D eigenvalue weighted by Crippen LogP contribution is -2.47. The molecular formula is C50H59ClN8O8S2. The lowest BCUT2D eigenvalue weighted by molar-refractivity contribution is -0.385. The van der Waals surface area contributed by atoms with Crippen LogP contribution in [0.25, 0.3) is 16.6 Å². The molecule has 1 aliphatic carbocycles. The van der Waals surface area contributed by atoms with Crippen LogP contribution in [-0.2, 0) is 30.6 Å². The number of nitro groups is 1. The SMILES string of the molecule is C=S1(=NC(=O)OC)CCN(C[C@H](C)Cc2ccc(S(=O)(=O)NC(=O)c3ccc(N4CCN(CC5=C(c6ccc(Cl)cc6)CC(C)(C)CC5)CC4)cc3Oc3cnc4[nH]ccc4c3)cc2[N+](=O)[O-])CC1. The largest absolute Gasteiger partial charge is 0.455 e. The number of H-pyrrole nitrogens is 1. The zero-order chi connectivity index (χ0) is 49.1. The van der Waals surface area contributed by atoms with Crippen LogP contribution >= 0.6 is 11.6 Å². The molecule has 3 aliphatic rings. The predicted molar refractivity (Wildman–Crippen MR) is 273 cm³/mol. The number of methoxy groups -OCH3 is 1. The molecule has 1 atom stereocenters. The summed E-state index contributed by atoms with van der Waals surface area (Å²) in [7, 11) is -5.03. The molecule has 5 aromatic rings. The molecule has 2 amide bonds. The zero-order valence-corrected chi connectivity index (χ0v) is 41.8. The van der Waals surface area contributed by atoms with Crippen LogP contribution in [0.1, 0.15) is 61.5 Å². The second-order valence-corrected chi connectivity index (χ2v) is 24.2. The molecule has 2 aliphatic heterocycles. The number of piperazine rings is 1. The first-order valence-electron chi connectivity index (χ1n) is 23.0. The van der Waals surface area contributed by atoms with Crippen molar-refractivity contribution >= 4 is 76.9 Å². The first kappa shape index (κ1) is 49.6. The van der Waals surface area contributed by atoms with E-state index in [-0.39, 0.29) is 28.3 Å². The number of aromatic amines is 1. The molecule has 69 heavy (non-hydrogen) atoms. The smallest absolute Gasteiger partial charge is 0.438 e. The lowest BCUT2D eigenvalue weighted by atomic mass is 9.72. The minimum atomic E-state index is -4.60. The fraction of sp³-hybridized carbons (Fsp3) is 0.400. The van der Waals surface area contributed by atoms with E-state index in [9.17, 15) is 28.1 Å². The molecule has 16 nitrogen and oxygen atoms in total. The number of anilines is 1. The Morgan fingerprint density at radius 3 is 2.46 bits per heavy atom. The van der Waals surface area contributed by atoms with E-state index >= 15 is 0 Å². The average molecular weight is 1000 g/mol. The van der Waals surface area contributed by atoms with Gasteiger partial charge in [0.15, 0.2) is 0 Å². The summed E-state index contributed by atoms with van der Waals surface area (Å²) in [5, 5.41) is 13.9. The molecular weight excluding hydrogens is 940 g/mol. The quantitative estimate of drug-likeness (QED) is 0.0611. The Hall–Kier alpha value is -5.79. The Kier molecular flexibility index (Phi) is 14.9. The van der Waals surface area contributed by atoms with Gasteiger partial charge in [-0.1, -0.05) is 62.0 Å². The van der Waals surface area contributed by atoms with Gasteiger partial charge in [0.2, 0.25) is 0 Å². The highest BCUT2D eigenvalue weighted by atomic mass is 35.5. The lowest BCUT2D eigenvalue weighted by Gasteiger charge is -2.39. The number of ether oxygens (including phenoxy) is 2. The van der Waals surface area contributed by atoms with Crippen molar-refractivity contribution in [2.24, 2.45) is 15.7 Å². The maximum Gasteiger partial charge on any atom is 0.438 e. The van der Waals surface area contributed by atoms with Gasteiger partial charge in [0.1, 0.15) is 17.1 Å². The Morgan fingerprint density at radius 2 is 1.75 bits per heavy atom. The molecule has 4 heterocycles. The van der Waals surface area contributed by atoms with Gasteiger partial charge in [0, 0.05) is 104 Å². The van der Waals surface area contributed by atoms with Crippen molar-refractivity contribution in [3.63, 3.8) is 0 Å². The van der Waals surface area contributed by atoms with Crippen molar-refractivity contribution in [1.82, 2.24) is 24.5 Å². The van der Waals surface area contributed by atoms with E-state index in [2.05, 4.69) is 65.6 Å². The van der Waals surface area contributed by atoms with E-state index in [1.807, 2.05) is 25.1 Å². The van der Waals surface area contributed by atoms with Gasteiger partial charge < -0.3 is 24.3 Å². The first-order chi connectivity index (χ1) is 32.9. The van der Waals surface area contributed by atoms with Crippen molar-refractivity contribution in [3.05, 3.63) is 123 Å². The molecule has 8 rings (SSSR count). The summed E-state index contributed by atoms with van der Waals surface area (Å²) in [4.78, 5) is 51.6. The maximum atomic E-state index is 14.1. The first-order valence-corrected chi connectivity index (χ1v) is 27.0. The number of rotatable bonds is 14. The zero-order valence-electron chi connectivity index (χ0n) is 39.4. The Balaban J connectivity index is 0.970. The number of hydrogen-bond acceptors (Lipinski definition) is 12. The number of allylic oxidation sites excluding steroid dienone is 1. The number of aromatic nitrogens is 2. The van der Waals surface area contributed by atoms with Crippen LogP contribution in [0.4, 0.5) is 16.2 Å². The number of amides is 2. The standard InChI is InChI=1S/C50H59ClN8O8S2/c1-34(32-57-22-24-68(5,25-23-57)55-49(61)66-4)26-36-8-12-42(29-45(36)59(62)63)69(64,65)54-48(60)43-13-11-40(28-46(43)67-41-27-37-15-17-52-47(37)53-31-41)58-20-18-56(19-21-58)33-38-14-16-50(2,3)30-44(38)35-6-9-39(51)10-7-35/h6-13,15,17,27-29,31,34H,5,14,16,18-26,30,32-33H2,1-4H3,(H,52,53)(H,54,60)/t34-/m1/s1. The molecule has 0 radical (unpaired) electrons. The third-order valence-electron chi connectivity index (χ3n) is 13.3. The van der Waals surface area contributed by atoms with Gasteiger partial charge in [-0.2, -0.15) is 4.36 Å². The molecule has 366 valence electrons. The number of hydrogen-bond donors (Lipinski definition) is 2. The minimum Gasteiger partial charge on any atom is -0.455 e. The summed E-state index contributed by atoms with van der Waals surface area (Å²) in [5.41, 5.74) is 5.70. The highest BCUT2D eigenvalue weighted by molar-refractivity contribution is 8.02. The molecule has 2 aromatic heterocycles. The Labute approximate surface area is 408 Å². The van der Waals surface area contributed by atoms with E-state index < -0.39 is 41.3 Å². The molecule has 0 saturated carbocycles. The molecule has 0 bridgehead atoms. The highest BCUT2D eigenvalue weighted by Crippen LogP contribution is 2.43. The molecule has 0 unspecified atom stereocenters. The van der Waals surface area contributed by atoms with E-state index in [0.717, 1.165) is 61.1 Å². The number of carbonyl (C=O) groups excluding carboxylic acids is 2. The summed E-state index contributed by atoms with van der Waals surface area (Å²) < 4.78 is 45.1. The number of benzene rings is 3. The van der Waals surface area contributed by atoms with Gasteiger partial charge in [-0.3, -0.25) is 19.8 Å². The van der Waals surface area contributed by atoms with Crippen LogP contribution in [-0.4, -0.2) is 122 Å². The number of nitrogens with zero attached hydrogens (tertiary/aromatic N) is 6. The summed E-state index contributed by atoms with van der Waals surface area (Å²) in [6, 6.07) is 20.5. The normalized spacial score (nSPS) is 18.1. The minimum absolute atomic E-state index is 0.0323. The number of nitro benzene ring substituents is 1. The number of halogens is 1. The van der Waals surface area contributed by atoms with E-state index in [1.54, 1.807) is 30.5 Å². The summed E-state index contributed by atoms with van der Waals surface area (Å²) in [6.07, 6.45) is 6.13. The van der Waals surface area contributed by atoms with Crippen molar-refractivity contribution < 1.29 is 32.4 Å². The maximum absolute atomic E-state index is 14.1. The van der Waals surface area contributed by atoms with Crippen LogP contribution < -0.4 is 14.4 Å². The average Bonchev–Trinajstić information content (AvgIpc) is 3.79.